The first-order valence-corrected chi connectivity index (χ1v) is 8.21. The number of furan rings is 1. The van der Waals surface area contributed by atoms with E-state index in [1.54, 1.807) is 6.92 Å². The predicted molar refractivity (Wildman–Crippen MR) is 91.5 cm³/mol. The number of carboxylic acid groups (broad SMARTS) is 1. The molecule has 0 spiro atoms. The fourth-order valence-corrected chi connectivity index (χ4v) is 3.09. The molecule has 0 saturated carbocycles. The molecule has 1 aromatic heterocycles. The minimum absolute atomic E-state index is 0.0242. The number of ether oxygens (including phenoxy) is 1. The molecular weight excluding hydrogens is 322 g/mol. The van der Waals surface area contributed by atoms with Gasteiger partial charge in [0.15, 0.2) is 6.10 Å². The number of carbonyl (C=O) groups excluding carboxylic acids is 1. The maximum atomic E-state index is 13.2. The van der Waals surface area contributed by atoms with Gasteiger partial charge in [-0.15, -0.1) is 0 Å². The highest BCUT2D eigenvalue weighted by Gasteiger charge is 2.35. The Morgan fingerprint density at radius 2 is 1.84 bits per heavy atom. The van der Waals surface area contributed by atoms with Gasteiger partial charge in [-0.05, 0) is 20.8 Å². The second-order valence-corrected chi connectivity index (χ2v) is 6.34. The van der Waals surface area contributed by atoms with Crippen LogP contribution in [0.1, 0.15) is 28.6 Å². The number of carboxylic acids is 1. The predicted octanol–water partition coefficient (Wildman–Crippen LogP) is 2.88. The van der Waals surface area contributed by atoms with Gasteiger partial charge in [-0.25, -0.2) is 4.79 Å². The number of nitrogens with zero attached hydrogens (tertiary/aromatic N) is 1. The Hall–Kier alpha value is -2.60. The number of amides is 1. The molecule has 0 radical (unpaired) electrons. The van der Waals surface area contributed by atoms with Crippen LogP contribution in [0.5, 0.6) is 0 Å². The minimum Gasteiger partial charge on any atom is -0.479 e. The summed E-state index contributed by atoms with van der Waals surface area (Å²) in [5, 5.41) is 9.24. The number of aryl methyl sites for hydroxylation is 1. The van der Waals surface area contributed by atoms with Gasteiger partial charge in [0.1, 0.15) is 11.5 Å². The van der Waals surface area contributed by atoms with Gasteiger partial charge in [-0.1, -0.05) is 30.3 Å². The zero-order valence-corrected chi connectivity index (χ0v) is 14.5. The van der Waals surface area contributed by atoms with Crippen LogP contribution in [0.15, 0.2) is 34.7 Å². The fraction of sp³-hybridized carbons (Fsp3) is 0.368. The largest absolute Gasteiger partial charge is 0.479 e. The normalized spacial score (nSPS) is 20.5. The van der Waals surface area contributed by atoms with Crippen molar-refractivity contribution in [3.05, 3.63) is 47.2 Å². The van der Waals surface area contributed by atoms with E-state index in [1.807, 2.05) is 44.2 Å². The molecule has 1 aliphatic heterocycles. The van der Waals surface area contributed by atoms with Crippen LogP contribution in [0.3, 0.4) is 0 Å². The van der Waals surface area contributed by atoms with E-state index in [0.29, 0.717) is 23.6 Å². The molecule has 1 fully saturated rings. The summed E-state index contributed by atoms with van der Waals surface area (Å²) in [6, 6.07) is 9.43. The molecule has 2 atom stereocenters. The number of rotatable bonds is 3. The number of carbonyl (C=O) groups is 2. The third kappa shape index (κ3) is 3.30. The maximum absolute atomic E-state index is 13.2. The van der Waals surface area contributed by atoms with Crippen molar-refractivity contribution >= 4 is 11.9 Å². The van der Waals surface area contributed by atoms with Crippen molar-refractivity contribution in [2.75, 3.05) is 13.1 Å². The molecule has 1 amide bonds. The monoisotopic (exact) mass is 343 g/mol. The van der Waals surface area contributed by atoms with E-state index >= 15 is 0 Å². The zero-order valence-electron chi connectivity index (χ0n) is 14.5. The molecule has 1 saturated heterocycles. The number of benzene rings is 1. The molecule has 6 nitrogen and oxygen atoms in total. The highest BCUT2D eigenvalue weighted by molar-refractivity contribution is 6.01. The Morgan fingerprint density at radius 3 is 2.48 bits per heavy atom. The van der Waals surface area contributed by atoms with Gasteiger partial charge >= 0.3 is 5.97 Å². The van der Waals surface area contributed by atoms with Crippen LogP contribution < -0.4 is 0 Å². The molecule has 0 bridgehead atoms. The highest BCUT2D eigenvalue weighted by Crippen LogP contribution is 2.32. The van der Waals surface area contributed by atoms with Crippen molar-refractivity contribution in [2.24, 2.45) is 0 Å². The van der Waals surface area contributed by atoms with E-state index in [0.717, 1.165) is 11.1 Å². The second-order valence-electron chi connectivity index (χ2n) is 6.34. The molecule has 1 aliphatic rings. The molecule has 6 heteroatoms. The van der Waals surface area contributed by atoms with E-state index < -0.39 is 12.1 Å². The fourth-order valence-electron chi connectivity index (χ4n) is 3.09. The molecule has 1 aromatic carbocycles. The van der Waals surface area contributed by atoms with Gasteiger partial charge < -0.3 is 19.2 Å². The summed E-state index contributed by atoms with van der Waals surface area (Å²) in [5.41, 5.74) is 2.08. The number of morpholine rings is 1. The number of hydrogen-bond acceptors (Lipinski definition) is 4. The van der Waals surface area contributed by atoms with Crippen LogP contribution in [0.25, 0.3) is 11.3 Å². The summed E-state index contributed by atoms with van der Waals surface area (Å²) in [6.45, 7) is 5.80. The molecule has 2 heterocycles. The van der Waals surface area contributed by atoms with E-state index in [9.17, 15) is 14.7 Å². The Kier molecular flexibility index (Phi) is 4.63. The van der Waals surface area contributed by atoms with Crippen molar-refractivity contribution in [3.63, 3.8) is 0 Å². The van der Waals surface area contributed by atoms with E-state index in [-0.39, 0.29) is 18.6 Å². The van der Waals surface area contributed by atoms with E-state index in [4.69, 9.17) is 9.15 Å². The lowest BCUT2D eigenvalue weighted by Crippen LogP contribution is -2.51. The topological polar surface area (TPSA) is 80.0 Å². The van der Waals surface area contributed by atoms with Crippen LogP contribution in [0, 0.1) is 13.8 Å². The van der Waals surface area contributed by atoms with Gasteiger partial charge in [0.2, 0.25) is 0 Å². The molecule has 2 aromatic rings. The van der Waals surface area contributed by atoms with E-state index in [2.05, 4.69) is 0 Å². The Balaban J connectivity index is 1.98. The summed E-state index contributed by atoms with van der Waals surface area (Å²) in [5.74, 6) is -0.0905. The lowest BCUT2D eigenvalue weighted by molar-refractivity contribution is -0.160. The standard InChI is InChI=1S/C19H21NO5/c1-11-9-20(10-15(24-11)19(22)23)18(21)16-12(2)13(3)25-17(16)14-7-5-4-6-8-14/h4-8,11,15H,9-10H2,1-3H3,(H,22,23)/t11-,15?/m1/s1. The Bertz CT molecular complexity index is 796. The van der Waals surface area contributed by atoms with Crippen LogP contribution >= 0.6 is 0 Å². The van der Waals surface area contributed by atoms with Crippen molar-refractivity contribution in [3.8, 4) is 11.3 Å². The number of hydrogen-bond donors (Lipinski definition) is 1. The van der Waals surface area contributed by atoms with Gasteiger partial charge in [-0.2, -0.15) is 0 Å². The Morgan fingerprint density at radius 1 is 1.16 bits per heavy atom. The van der Waals surface area contributed by atoms with Gasteiger partial charge in [0, 0.05) is 17.7 Å². The van der Waals surface area contributed by atoms with Crippen molar-refractivity contribution in [1.29, 1.82) is 0 Å². The zero-order chi connectivity index (χ0) is 18.1. The summed E-state index contributed by atoms with van der Waals surface area (Å²) < 4.78 is 11.2. The smallest absolute Gasteiger partial charge is 0.334 e. The second kappa shape index (κ2) is 6.72. The van der Waals surface area contributed by atoms with Crippen LogP contribution in [-0.2, 0) is 9.53 Å². The number of aliphatic carboxylic acids is 1. The third-order valence-corrected chi connectivity index (χ3v) is 4.46. The molecule has 1 unspecified atom stereocenters. The van der Waals surface area contributed by atoms with Crippen molar-refractivity contribution < 1.29 is 23.8 Å². The highest BCUT2D eigenvalue weighted by atomic mass is 16.5. The molecule has 3 rings (SSSR count). The summed E-state index contributed by atoms with van der Waals surface area (Å²) >= 11 is 0. The van der Waals surface area contributed by atoms with Gasteiger partial charge in [-0.3, -0.25) is 4.79 Å². The van der Waals surface area contributed by atoms with E-state index in [1.165, 1.54) is 4.90 Å². The Labute approximate surface area is 146 Å². The first kappa shape index (κ1) is 17.2. The first-order valence-electron chi connectivity index (χ1n) is 8.21. The molecular formula is C19H21NO5. The SMILES string of the molecule is Cc1oc(-c2ccccc2)c(C(=O)N2CC(C(=O)O)O[C@H](C)C2)c1C. The van der Waals surface area contributed by atoms with Gasteiger partial charge in [0.25, 0.3) is 5.91 Å². The first-order chi connectivity index (χ1) is 11.9. The van der Waals surface area contributed by atoms with Crippen molar-refractivity contribution in [1.82, 2.24) is 4.90 Å². The van der Waals surface area contributed by atoms with Crippen molar-refractivity contribution in [2.45, 2.75) is 33.0 Å². The third-order valence-electron chi connectivity index (χ3n) is 4.46. The lowest BCUT2D eigenvalue weighted by atomic mass is 10.0. The quantitative estimate of drug-likeness (QED) is 0.927. The van der Waals surface area contributed by atoms with Crippen LogP contribution in [0.4, 0.5) is 0 Å². The van der Waals surface area contributed by atoms with Gasteiger partial charge in [0.05, 0.1) is 18.2 Å². The summed E-state index contributed by atoms with van der Waals surface area (Å²) in [4.78, 5) is 26.0. The maximum Gasteiger partial charge on any atom is 0.334 e. The average molecular weight is 343 g/mol. The van der Waals surface area contributed by atoms with Crippen LogP contribution in [-0.4, -0.2) is 47.2 Å². The summed E-state index contributed by atoms with van der Waals surface area (Å²) in [7, 11) is 0. The molecule has 0 aliphatic carbocycles. The minimum atomic E-state index is -1.06. The summed E-state index contributed by atoms with van der Waals surface area (Å²) in [6.07, 6.45) is -1.35. The molecule has 25 heavy (non-hydrogen) atoms. The molecule has 132 valence electrons. The lowest BCUT2D eigenvalue weighted by Gasteiger charge is -2.35. The average Bonchev–Trinajstić information content (AvgIpc) is 2.89. The molecule has 1 N–H and O–H groups in total. The van der Waals surface area contributed by atoms with Crippen LogP contribution in [0.2, 0.25) is 0 Å².